The molecule has 8 nitrogen and oxygen atoms in total. The minimum absolute atomic E-state index is 0.195. The lowest BCUT2D eigenvalue weighted by molar-refractivity contribution is 0.0506. The fourth-order valence-electron chi connectivity index (χ4n) is 2.72. The number of aromatic nitrogens is 3. The molecule has 2 amide bonds. The van der Waals surface area contributed by atoms with Gasteiger partial charge in [0.05, 0.1) is 11.9 Å². The third-order valence-electron chi connectivity index (χ3n) is 4.00. The van der Waals surface area contributed by atoms with E-state index in [9.17, 15) is 4.79 Å². The number of rotatable bonds is 4. The van der Waals surface area contributed by atoms with Crippen LogP contribution in [0.4, 0.5) is 10.5 Å². The Morgan fingerprint density at radius 1 is 1.29 bits per heavy atom. The van der Waals surface area contributed by atoms with Crippen molar-refractivity contribution in [3.8, 4) is 0 Å². The van der Waals surface area contributed by atoms with Crippen molar-refractivity contribution in [2.45, 2.75) is 32.7 Å². The zero-order chi connectivity index (χ0) is 16.9. The fourth-order valence-corrected chi connectivity index (χ4v) is 2.72. The quantitative estimate of drug-likeness (QED) is 0.892. The van der Waals surface area contributed by atoms with E-state index in [2.05, 4.69) is 25.8 Å². The standard InChI is InChI=1S/C16H21N5O3/c1-10-3-4-13(9-17-10)19-16(22)20-14(12-5-7-23-8-6-12)15-18-11(2)21-24-15/h3-4,9,12,14H,5-8H2,1-2H3,(H2,19,20,22). The van der Waals surface area contributed by atoms with Crippen LogP contribution in [0.15, 0.2) is 22.9 Å². The average Bonchev–Trinajstić information content (AvgIpc) is 3.02. The first-order valence-corrected chi connectivity index (χ1v) is 8.00. The number of urea groups is 1. The molecule has 0 aliphatic carbocycles. The summed E-state index contributed by atoms with van der Waals surface area (Å²) in [5.41, 5.74) is 1.52. The van der Waals surface area contributed by atoms with Crippen molar-refractivity contribution < 1.29 is 14.1 Å². The van der Waals surface area contributed by atoms with Gasteiger partial charge in [0.25, 0.3) is 0 Å². The first-order valence-electron chi connectivity index (χ1n) is 8.00. The monoisotopic (exact) mass is 331 g/mol. The van der Waals surface area contributed by atoms with Gasteiger partial charge in [0.2, 0.25) is 5.89 Å². The summed E-state index contributed by atoms with van der Waals surface area (Å²) in [6.07, 6.45) is 3.28. The lowest BCUT2D eigenvalue weighted by Gasteiger charge is -2.28. The minimum atomic E-state index is -0.339. The normalized spacial score (nSPS) is 16.6. The van der Waals surface area contributed by atoms with E-state index in [0.717, 1.165) is 18.5 Å². The Kier molecular flexibility index (Phi) is 5.05. The molecule has 3 heterocycles. The van der Waals surface area contributed by atoms with Gasteiger partial charge in [0.1, 0.15) is 6.04 Å². The number of carbonyl (C=O) groups is 1. The van der Waals surface area contributed by atoms with E-state index >= 15 is 0 Å². The summed E-state index contributed by atoms with van der Waals surface area (Å²) >= 11 is 0. The van der Waals surface area contributed by atoms with Gasteiger partial charge in [0.15, 0.2) is 5.82 Å². The number of carbonyl (C=O) groups excluding carboxylic acids is 1. The Morgan fingerprint density at radius 3 is 2.71 bits per heavy atom. The molecule has 0 bridgehead atoms. The molecule has 0 radical (unpaired) electrons. The molecule has 1 atom stereocenters. The highest BCUT2D eigenvalue weighted by molar-refractivity contribution is 5.89. The van der Waals surface area contributed by atoms with Crippen molar-refractivity contribution in [3.63, 3.8) is 0 Å². The number of anilines is 1. The van der Waals surface area contributed by atoms with E-state index in [1.54, 1.807) is 13.1 Å². The van der Waals surface area contributed by atoms with Crippen LogP contribution >= 0.6 is 0 Å². The lowest BCUT2D eigenvalue weighted by atomic mass is 9.91. The smallest absolute Gasteiger partial charge is 0.319 e. The predicted molar refractivity (Wildman–Crippen MR) is 86.4 cm³/mol. The first-order chi connectivity index (χ1) is 11.6. The van der Waals surface area contributed by atoms with Crippen molar-refractivity contribution >= 4 is 11.7 Å². The van der Waals surface area contributed by atoms with Crippen LogP contribution in [0.1, 0.15) is 36.3 Å². The Hall–Kier alpha value is -2.48. The molecule has 1 saturated heterocycles. The number of ether oxygens (including phenoxy) is 1. The van der Waals surface area contributed by atoms with Gasteiger partial charge in [0, 0.05) is 18.9 Å². The summed E-state index contributed by atoms with van der Waals surface area (Å²) < 4.78 is 10.7. The second-order valence-electron chi connectivity index (χ2n) is 5.89. The molecule has 2 aromatic heterocycles. The van der Waals surface area contributed by atoms with Crippen molar-refractivity contribution in [2.75, 3.05) is 18.5 Å². The number of amides is 2. The summed E-state index contributed by atoms with van der Waals surface area (Å²) in [6, 6.07) is 2.98. The molecular weight excluding hydrogens is 310 g/mol. The van der Waals surface area contributed by atoms with E-state index in [1.807, 2.05) is 19.1 Å². The number of pyridine rings is 1. The molecule has 0 aromatic carbocycles. The molecule has 24 heavy (non-hydrogen) atoms. The van der Waals surface area contributed by atoms with Crippen LogP contribution in [0.25, 0.3) is 0 Å². The second kappa shape index (κ2) is 7.39. The van der Waals surface area contributed by atoms with Crippen LogP contribution < -0.4 is 10.6 Å². The van der Waals surface area contributed by atoms with Crippen LogP contribution in [-0.2, 0) is 4.74 Å². The van der Waals surface area contributed by atoms with Gasteiger partial charge in [-0.1, -0.05) is 5.16 Å². The highest BCUT2D eigenvalue weighted by Gasteiger charge is 2.31. The van der Waals surface area contributed by atoms with Crippen molar-refractivity contribution in [1.82, 2.24) is 20.4 Å². The Morgan fingerprint density at radius 2 is 2.08 bits per heavy atom. The van der Waals surface area contributed by atoms with Crippen LogP contribution in [0.5, 0.6) is 0 Å². The number of nitrogens with zero attached hydrogens (tertiary/aromatic N) is 3. The Bertz CT molecular complexity index is 679. The lowest BCUT2D eigenvalue weighted by Crippen LogP contribution is -2.38. The summed E-state index contributed by atoms with van der Waals surface area (Å²) in [5.74, 6) is 1.17. The molecule has 0 saturated carbocycles. The maximum Gasteiger partial charge on any atom is 0.319 e. The Balaban J connectivity index is 1.70. The molecule has 0 spiro atoms. The van der Waals surface area contributed by atoms with Crippen LogP contribution in [0.3, 0.4) is 0 Å². The highest BCUT2D eigenvalue weighted by atomic mass is 16.5. The summed E-state index contributed by atoms with van der Waals surface area (Å²) in [7, 11) is 0. The van der Waals surface area contributed by atoms with E-state index < -0.39 is 0 Å². The SMILES string of the molecule is Cc1ccc(NC(=O)NC(c2nc(C)no2)C2CCOCC2)cn1. The fraction of sp³-hybridized carbons (Fsp3) is 0.500. The van der Waals surface area contributed by atoms with Crippen molar-refractivity contribution in [3.05, 3.63) is 35.7 Å². The molecule has 1 unspecified atom stereocenters. The zero-order valence-electron chi connectivity index (χ0n) is 13.8. The third kappa shape index (κ3) is 4.08. The first kappa shape index (κ1) is 16.4. The van der Waals surface area contributed by atoms with Gasteiger partial charge in [-0.05, 0) is 44.7 Å². The molecule has 1 aliphatic heterocycles. The maximum absolute atomic E-state index is 12.4. The van der Waals surface area contributed by atoms with Gasteiger partial charge in [-0.2, -0.15) is 4.98 Å². The van der Waals surface area contributed by atoms with E-state index in [-0.39, 0.29) is 18.0 Å². The zero-order valence-corrected chi connectivity index (χ0v) is 13.8. The molecule has 1 fully saturated rings. The third-order valence-corrected chi connectivity index (χ3v) is 4.00. The average molecular weight is 331 g/mol. The summed E-state index contributed by atoms with van der Waals surface area (Å²) in [6.45, 7) is 4.98. The highest BCUT2D eigenvalue weighted by Crippen LogP contribution is 2.29. The topological polar surface area (TPSA) is 102 Å². The van der Waals surface area contributed by atoms with Crippen LogP contribution in [0.2, 0.25) is 0 Å². The van der Waals surface area contributed by atoms with Crippen molar-refractivity contribution in [1.29, 1.82) is 0 Å². The number of aryl methyl sites for hydroxylation is 2. The van der Waals surface area contributed by atoms with E-state index in [1.165, 1.54) is 0 Å². The van der Waals surface area contributed by atoms with E-state index in [4.69, 9.17) is 9.26 Å². The molecule has 1 aliphatic rings. The van der Waals surface area contributed by atoms with Crippen LogP contribution in [0, 0.1) is 19.8 Å². The van der Waals surface area contributed by atoms with E-state index in [0.29, 0.717) is 30.6 Å². The van der Waals surface area contributed by atoms with Crippen LogP contribution in [-0.4, -0.2) is 34.4 Å². The molecular formula is C16H21N5O3. The summed E-state index contributed by atoms with van der Waals surface area (Å²) in [4.78, 5) is 20.8. The van der Waals surface area contributed by atoms with Crippen molar-refractivity contribution in [2.24, 2.45) is 5.92 Å². The van der Waals surface area contributed by atoms with Gasteiger partial charge in [-0.25, -0.2) is 4.79 Å². The van der Waals surface area contributed by atoms with Gasteiger partial charge < -0.3 is 19.9 Å². The molecule has 2 N–H and O–H groups in total. The predicted octanol–water partition coefficient (Wildman–Crippen LogP) is 2.37. The number of hydrogen-bond donors (Lipinski definition) is 2. The van der Waals surface area contributed by atoms with Gasteiger partial charge in [-0.3, -0.25) is 4.98 Å². The van der Waals surface area contributed by atoms with Gasteiger partial charge in [-0.15, -0.1) is 0 Å². The van der Waals surface area contributed by atoms with Gasteiger partial charge >= 0.3 is 6.03 Å². The molecule has 128 valence electrons. The molecule has 2 aromatic rings. The number of hydrogen-bond acceptors (Lipinski definition) is 6. The summed E-state index contributed by atoms with van der Waals surface area (Å²) in [5, 5.41) is 9.57. The second-order valence-corrected chi connectivity index (χ2v) is 5.89. The maximum atomic E-state index is 12.4. The largest absolute Gasteiger partial charge is 0.381 e. The minimum Gasteiger partial charge on any atom is -0.381 e. The molecule has 8 heteroatoms. The Labute approximate surface area is 140 Å². The number of nitrogens with one attached hydrogen (secondary N) is 2. The molecule has 3 rings (SSSR count).